The maximum Gasteiger partial charge on any atom is -0.00159 e. The second-order valence-electron chi connectivity index (χ2n) is 6.65. The number of rotatable bonds is 5. The predicted octanol–water partition coefficient (Wildman–Crippen LogP) is 3.13. The van der Waals surface area contributed by atoms with Gasteiger partial charge in [0.05, 0.1) is 0 Å². The third-order valence-corrected chi connectivity index (χ3v) is 4.20. The van der Waals surface area contributed by atoms with Crippen LogP contribution in [0.3, 0.4) is 0 Å². The Morgan fingerprint density at radius 3 is 2.53 bits per heavy atom. The van der Waals surface area contributed by atoms with Crippen molar-refractivity contribution in [3.05, 3.63) is 0 Å². The van der Waals surface area contributed by atoms with Gasteiger partial charge >= 0.3 is 0 Å². The van der Waals surface area contributed by atoms with E-state index in [9.17, 15) is 0 Å². The van der Waals surface area contributed by atoms with Gasteiger partial charge in [-0.1, -0.05) is 20.8 Å². The molecule has 1 aliphatic rings. The molecule has 0 aromatic rings. The molecule has 0 aromatic carbocycles. The summed E-state index contributed by atoms with van der Waals surface area (Å²) in [5.41, 5.74) is 0.502. The lowest BCUT2D eigenvalue weighted by molar-refractivity contribution is 0.207. The Morgan fingerprint density at radius 1 is 1.12 bits per heavy atom. The number of hydrogen-bond donors (Lipinski definition) is 1. The van der Waals surface area contributed by atoms with E-state index in [0.29, 0.717) is 5.41 Å². The largest absolute Gasteiger partial charge is 0.320 e. The normalized spacial score (nSPS) is 23.6. The molecular formula is C15H32N2. The molecule has 0 spiro atoms. The van der Waals surface area contributed by atoms with Gasteiger partial charge in [-0.05, 0) is 76.7 Å². The van der Waals surface area contributed by atoms with Crippen LogP contribution < -0.4 is 5.32 Å². The summed E-state index contributed by atoms with van der Waals surface area (Å²) < 4.78 is 0. The first kappa shape index (κ1) is 15.0. The Bertz CT molecular complexity index is 196. The first-order chi connectivity index (χ1) is 8.04. The number of likely N-dealkylation sites (tertiary alicyclic amines) is 1. The van der Waals surface area contributed by atoms with Crippen LogP contribution in [0.2, 0.25) is 0 Å². The lowest BCUT2D eigenvalue weighted by Crippen LogP contribution is -2.27. The van der Waals surface area contributed by atoms with Crippen molar-refractivity contribution in [3.8, 4) is 0 Å². The summed E-state index contributed by atoms with van der Waals surface area (Å²) in [7, 11) is 2.04. The van der Waals surface area contributed by atoms with Crippen molar-refractivity contribution in [3.63, 3.8) is 0 Å². The van der Waals surface area contributed by atoms with E-state index in [4.69, 9.17) is 0 Å². The lowest BCUT2D eigenvalue weighted by atomic mass is 9.77. The third-order valence-electron chi connectivity index (χ3n) is 4.20. The minimum Gasteiger partial charge on any atom is -0.320 e. The van der Waals surface area contributed by atoms with Gasteiger partial charge in [0.25, 0.3) is 0 Å². The van der Waals surface area contributed by atoms with E-state index in [-0.39, 0.29) is 0 Å². The molecule has 1 rings (SSSR count). The molecule has 1 unspecified atom stereocenters. The SMILES string of the molecule is CNCCCCN1CCCC(C(C)(C)C)CC1. The number of unbranched alkanes of at least 4 members (excludes halogenated alkanes) is 1. The Morgan fingerprint density at radius 2 is 1.88 bits per heavy atom. The fourth-order valence-corrected chi connectivity index (χ4v) is 2.88. The Kier molecular flexibility index (Phi) is 6.50. The highest BCUT2D eigenvalue weighted by atomic mass is 15.1. The molecule has 0 amide bonds. The summed E-state index contributed by atoms with van der Waals surface area (Å²) in [5, 5.41) is 3.23. The van der Waals surface area contributed by atoms with Crippen molar-refractivity contribution in [2.24, 2.45) is 11.3 Å². The number of nitrogens with zero attached hydrogens (tertiary/aromatic N) is 1. The van der Waals surface area contributed by atoms with Crippen molar-refractivity contribution < 1.29 is 0 Å². The summed E-state index contributed by atoms with van der Waals surface area (Å²) in [6.45, 7) is 12.3. The van der Waals surface area contributed by atoms with E-state index < -0.39 is 0 Å². The summed E-state index contributed by atoms with van der Waals surface area (Å²) in [5.74, 6) is 0.921. The van der Waals surface area contributed by atoms with Crippen LogP contribution in [0.4, 0.5) is 0 Å². The van der Waals surface area contributed by atoms with E-state index >= 15 is 0 Å². The fourth-order valence-electron chi connectivity index (χ4n) is 2.88. The van der Waals surface area contributed by atoms with Gasteiger partial charge < -0.3 is 10.2 Å². The average molecular weight is 240 g/mol. The van der Waals surface area contributed by atoms with Crippen molar-refractivity contribution in [2.75, 3.05) is 33.2 Å². The van der Waals surface area contributed by atoms with Gasteiger partial charge in [-0.15, -0.1) is 0 Å². The Balaban J connectivity index is 2.23. The fraction of sp³-hybridized carbons (Fsp3) is 1.00. The zero-order valence-electron chi connectivity index (χ0n) is 12.4. The molecule has 0 aromatic heterocycles. The molecule has 1 heterocycles. The van der Waals surface area contributed by atoms with Crippen LogP contribution in [0.15, 0.2) is 0 Å². The minimum atomic E-state index is 0.502. The predicted molar refractivity (Wildman–Crippen MR) is 76.4 cm³/mol. The highest BCUT2D eigenvalue weighted by molar-refractivity contribution is 4.78. The van der Waals surface area contributed by atoms with Crippen LogP contribution in [0.5, 0.6) is 0 Å². The van der Waals surface area contributed by atoms with E-state index in [0.717, 1.165) is 5.92 Å². The smallest absolute Gasteiger partial charge is 0.00159 e. The Labute approximate surface area is 108 Å². The van der Waals surface area contributed by atoms with Crippen LogP contribution in [-0.4, -0.2) is 38.1 Å². The molecule has 1 atom stereocenters. The molecule has 17 heavy (non-hydrogen) atoms. The first-order valence-corrected chi connectivity index (χ1v) is 7.41. The molecule has 2 nitrogen and oxygen atoms in total. The zero-order chi connectivity index (χ0) is 12.7. The van der Waals surface area contributed by atoms with Crippen molar-refractivity contribution in [1.82, 2.24) is 10.2 Å². The van der Waals surface area contributed by atoms with Gasteiger partial charge in [-0.3, -0.25) is 0 Å². The van der Waals surface area contributed by atoms with E-state index in [1.54, 1.807) is 0 Å². The molecule has 0 radical (unpaired) electrons. The van der Waals surface area contributed by atoms with Gasteiger partial charge in [0.1, 0.15) is 0 Å². The van der Waals surface area contributed by atoms with E-state index in [1.807, 2.05) is 7.05 Å². The maximum absolute atomic E-state index is 3.23. The first-order valence-electron chi connectivity index (χ1n) is 7.41. The number of hydrogen-bond acceptors (Lipinski definition) is 2. The van der Waals surface area contributed by atoms with Crippen LogP contribution in [0.25, 0.3) is 0 Å². The molecule has 1 N–H and O–H groups in total. The quantitative estimate of drug-likeness (QED) is 0.743. The van der Waals surface area contributed by atoms with E-state index in [1.165, 1.54) is 58.3 Å². The van der Waals surface area contributed by atoms with Gasteiger partial charge in [0.2, 0.25) is 0 Å². The Hall–Kier alpha value is -0.0800. The van der Waals surface area contributed by atoms with Crippen molar-refractivity contribution in [1.29, 1.82) is 0 Å². The average Bonchev–Trinajstić information content (AvgIpc) is 2.49. The van der Waals surface area contributed by atoms with Crippen molar-refractivity contribution >= 4 is 0 Å². The van der Waals surface area contributed by atoms with Crippen molar-refractivity contribution in [2.45, 2.75) is 52.9 Å². The summed E-state index contributed by atoms with van der Waals surface area (Å²) >= 11 is 0. The minimum absolute atomic E-state index is 0.502. The second kappa shape index (κ2) is 7.38. The zero-order valence-corrected chi connectivity index (χ0v) is 12.4. The van der Waals surface area contributed by atoms with Gasteiger partial charge in [0, 0.05) is 0 Å². The summed E-state index contributed by atoms with van der Waals surface area (Å²) in [6, 6.07) is 0. The monoisotopic (exact) mass is 240 g/mol. The van der Waals surface area contributed by atoms with Gasteiger partial charge in [-0.2, -0.15) is 0 Å². The molecule has 1 fully saturated rings. The summed E-state index contributed by atoms with van der Waals surface area (Å²) in [6.07, 6.45) is 6.89. The molecule has 0 saturated carbocycles. The van der Waals surface area contributed by atoms with Crippen LogP contribution in [-0.2, 0) is 0 Å². The molecular weight excluding hydrogens is 208 g/mol. The molecule has 0 bridgehead atoms. The molecule has 1 aliphatic heterocycles. The third kappa shape index (κ3) is 5.87. The van der Waals surface area contributed by atoms with Gasteiger partial charge in [-0.25, -0.2) is 0 Å². The van der Waals surface area contributed by atoms with Gasteiger partial charge in [0.15, 0.2) is 0 Å². The number of nitrogens with one attached hydrogen (secondary N) is 1. The summed E-state index contributed by atoms with van der Waals surface area (Å²) in [4.78, 5) is 2.68. The second-order valence-corrected chi connectivity index (χ2v) is 6.65. The highest BCUT2D eigenvalue weighted by Crippen LogP contribution is 2.34. The molecule has 102 valence electrons. The lowest BCUT2D eigenvalue weighted by Gasteiger charge is -2.29. The van der Waals surface area contributed by atoms with E-state index in [2.05, 4.69) is 31.0 Å². The van der Waals surface area contributed by atoms with Crippen LogP contribution in [0, 0.1) is 11.3 Å². The van der Waals surface area contributed by atoms with Crippen LogP contribution >= 0.6 is 0 Å². The highest BCUT2D eigenvalue weighted by Gasteiger charge is 2.26. The molecule has 2 heteroatoms. The standard InChI is InChI=1S/C15H32N2/c1-15(2,3)14-8-7-12-17(13-9-14)11-6-5-10-16-4/h14,16H,5-13H2,1-4H3. The van der Waals surface area contributed by atoms with Crippen LogP contribution in [0.1, 0.15) is 52.9 Å². The molecule has 0 aliphatic carbocycles. The topological polar surface area (TPSA) is 15.3 Å². The molecule has 1 saturated heterocycles. The maximum atomic E-state index is 3.23.